The molecule has 4 heteroatoms. The number of nitrogens with two attached hydrogens (primary N) is 1. The van der Waals surface area contributed by atoms with Gasteiger partial charge in [-0.05, 0) is 51.1 Å². The fourth-order valence-corrected chi connectivity index (χ4v) is 3.27. The highest BCUT2D eigenvalue weighted by molar-refractivity contribution is 5.81. The lowest BCUT2D eigenvalue weighted by Gasteiger charge is -2.28. The zero-order valence-electron chi connectivity index (χ0n) is 12.5. The standard InChI is InChI=1S/C15H29N3O/c1-12(2)14(16)15(19)18-10-5-6-13(7-11-18)17-8-3-4-9-17/h12-14H,3-11,16H2,1-2H3/t13?,14-/m0/s1. The Kier molecular flexibility index (Phi) is 5.22. The van der Waals surface area contributed by atoms with Crippen LogP contribution in [-0.2, 0) is 4.79 Å². The normalized spacial score (nSPS) is 27.6. The van der Waals surface area contributed by atoms with Gasteiger partial charge < -0.3 is 15.5 Å². The topological polar surface area (TPSA) is 49.6 Å². The highest BCUT2D eigenvalue weighted by atomic mass is 16.2. The van der Waals surface area contributed by atoms with Crippen molar-refractivity contribution in [3.05, 3.63) is 0 Å². The van der Waals surface area contributed by atoms with E-state index in [2.05, 4.69) is 4.90 Å². The summed E-state index contributed by atoms with van der Waals surface area (Å²) >= 11 is 0. The van der Waals surface area contributed by atoms with E-state index < -0.39 is 0 Å². The molecule has 0 aromatic carbocycles. The Morgan fingerprint density at radius 2 is 1.74 bits per heavy atom. The third-order valence-corrected chi connectivity index (χ3v) is 4.67. The minimum absolute atomic E-state index is 0.150. The summed E-state index contributed by atoms with van der Waals surface area (Å²) in [6.45, 7) is 8.33. The SMILES string of the molecule is CC(C)[C@H](N)C(=O)N1CCCC(N2CCCC2)CC1. The molecule has 0 saturated carbocycles. The number of likely N-dealkylation sites (tertiary alicyclic amines) is 2. The maximum Gasteiger partial charge on any atom is 0.239 e. The van der Waals surface area contributed by atoms with Crippen molar-refractivity contribution < 1.29 is 4.79 Å². The zero-order chi connectivity index (χ0) is 13.8. The molecule has 0 aromatic heterocycles. The second kappa shape index (κ2) is 6.71. The van der Waals surface area contributed by atoms with Crippen LogP contribution >= 0.6 is 0 Å². The molecule has 0 aromatic rings. The second-order valence-corrected chi connectivity index (χ2v) is 6.42. The zero-order valence-corrected chi connectivity index (χ0v) is 12.5. The van der Waals surface area contributed by atoms with Crippen LogP contribution < -0.4 is 5.73 Å². The summed E-state index contributed by atoms with van der Waals surface area (Å²) in [7, 11) is 0. The fraction of sp³-hybridized carbons (Fsp3) is 0.933. The van der Waals surface area contributed by atoms with Crippen LogP contribution in [0.4, 0.5) is 0 Å². The highest BCUT2D eigenvalue weighted by Crippen LogP contribution is 2.21. The van der Waals surface area contributed by atoms with Crippen molar-refractivity contribution in [2.75, 3.05) is 26.2 Å². The van der Waals surface area contributed by atoms with Crippen LogP contribution in [0.5, 0.6) is 0 Å². The molecule has 2 heterocycles. The summed E-state index contributed by atoms with van der Waals surface area (Å²) in [4.78, 5) is 16.9. The first-order chi connectivity index (χ1) is 9.09. The van der Waals surface area contributed by atoms with Gasteiger partial charge in [-0.25, -0.2) is 0 Å². The summed E-state index contributed by atoms with van der Waals surface area (Å²) in [6.07, 6.45) is 6.17. The lowest BCUT2D eigenvalue weighted by atomic mass is 10.0. The molecule has 2 rings (SSSR count). The Morgan fingerprint density at radius 3 is 2.37 bits per heavy atom. The van der Waals surface area contributed by atoms with Gasteiger partial charge in [-0.2, -0.15) is 0 Å². The molecule has 2 atom stereocenters. The van der Waals surface area contributed by atoms with E-state index in [1.54, 1.807) is 0 Å². The van der Waals surface area contributed by atoms with Gasteiger partial charge in [0.2, 0.25) is 5.91 Å². The summed E-state index contributed by atoms with van der Waals surface area (Å²) in [5, 5.41) is 0. The summed E-state index contributed by atoms with van der Waals surface area (Å²) < 4.78 is 0. The van der Waals surface area contributed by atoms with Gasteiger partial charge in [0.1, 0.15) is 0 Å². The van der Waals surface area contributed by atoms with E-state index in [0.717, 1.165) is 25.9 Å². The van der Waals surface area contributed by atoms with E-state index in [4.69, 9.17) is 5.73 Å². The van der Waals surface area contributed by atoms with E-state index in [1.165, 1.54) is 32.4 Å². The maximum absolute atomic E-state index is 12.3. The Morgan fingerprint density at radius 1 is 1.05 bits per heavy atom. The average Bonchev–Trinajstić information content (AvgIpc) is 2.81. The number of carbonyl (C=O) groups excluding carboxylic acids is 1. The molecule has 2 aliphatic heterocycles. The molecule has 1 amide bonds. The molecule has 1 unspecified atom stereocenters. The monoisotopic (exact) mass is 267 g/mol. The fourth-order valence-electron chi connectivity index (χ4n) is 3.27. The van der Waals surface area contributed by atoms with Gasteiger partial charge in [0, 0.05) is 19.1 Å². The third kappa shape index (κ3) is 3.69. The first-order valence-corrected chi connectivity index (χ1v) is 7.88. The van der Waals surface area contributed by atoms with Crippen molar-refractivity contribution >= 4 is 5.91 Å². The minimum Gasteiger partial charge on any atom is -0.341 e. The van der Waals surface area contributed by atoms with Crippen molar-refractivity contribution in [1.82, 2.24) is 9.80 Å². The van der Waals surface area contributed by atoms with E-state index in [9.17, 15) is 4.79 Å². The Balaban J connectivity index is 1.87. The number of nitrogens with zero attached hydrogens (tertiary/aromatic N) is 2. The van der Waals surface area contributed by atoms with Crippen molar-refractivity contribution in [3.63, 3.8) is 0 Å². The molecule has 0 bridgehead atoms. The first-order valence-electron chi connectivity index (χ1n) is 7.88. The van der Waals surface area contributed by atoms with Gasteiger partial charge >= 0.3 is 0 Å². The van der Waals surface area contributed by atoms with Crippen LogP contribution in [0.3, 0.4) is 0 Å². The average molecular weight is 267 g/mol. The molecular weight excluding hydrogens is 238 g/mol. The lowest BCUT2D eigenvalue weighted by Crippen LogP contribution is -2.47. The van der Waals surface area contributed by atoms with Crippen LogP contribution in [0.25, 0.3) is 0 Å². The smallest absolute Gasteiger partial charge is 0.239 e. The molecule has 110 valence electrons. The van der Waals surface area contributed by atoms with Crippen LogP contribution in [-0.4, -0.2) is 54.0 Å². The van der Waals surface area contributed by atoms with E-state index >= 15 is 0 Å². The third-order valence-electron chi connectivity index (χ3n) is 4.67. The van der Waals surface area contributed by atoms with Crippen LogP contribution in [0.2, 0.25) is 0 Å². The predicted octanol–water partition coefficient (Wildman–Crippen LogP) is 1.45. The molecule has 0 radical (unpaired) electrons. The molecule has 2 fully saturated rings. The second-order valence-electron chi connectivity index (χ2n) is 6.42. The van der Waals surface area contributed by atoms with Crippen molar-refractivity contribution in [3.8, 4) is 0 Å². The van der Waals surface area contributed by atoms with Gasteiger partial charge in [-0.15, -0.1) is 0 Å². The van der Waals surface area contributed by atoms with Crippen molar-refractivity contribution in [2.45, 2.75) is 58.0 Å². The van der Waals surface area contributed by atoms with Gasteiger partial charge in [0.15, 0.2) is 0 Å². The van der Waals surface area contributed by atoms with Gasteiger partial charge in [0.25, 0.3) is 0 Å². The molecule has 19 heavy (non-hydrogen) atoms. The lowest BCUT2D eigenvalue weighted by molar-refractivity contribution is -0.133. The summed E-state index contributed by atoms with van der Waals surface area (Å²) in [5.41, 5.74) is 6.00. The highest BCUT2D eigenvalue weighted by Gasteiger charge is 2.28. The summed E-state index contributed by atoms with van der Waals surface area (Å²) in [6, 6.07) is 0.360. The Labute approximate surface area is 117 Å². The Bertz CT molecular complexity index is 300. The minimum atomic E-state index is -0.330. The Hall–Kier alpha value is -0.610. The molecule has 2 N–H and O–H groups in total. The quantitative estimate of drug-likeness (QED) is 0.842. The molecule has 2 saturated heterocycles. The maximum atomic E-state index is 12.3. The van der Waals surface area contributed by atoms with Gasteiger partial charge in [-0.1, -0.05) is 13.8 Å². The molecular formula is C15H29N3O. The van der Waals surface area contributed by atoms with Crippen LogP contribution in [0, 0.1) is 5.92 Å². The van der Waals surface area contributed by atoms with Crippen LogP contribution in [0.1, 0.15) is 46.0 Å². The van der Waals surface area contributed by atoms with Gasteiger partial charge in [-0.3, -0.25) is 4.79 Å². The molecule has 2 aliphatic rings. The largest absolute Gasteiger partial charge is 0.341 e. The van der Waals surface area contributed by atoms with Crippen molar-refractivity contribution in [2.24, 2.45) is 11.7 Å². The summed E-state index contributed by atoms with van der Waals surface area (Å²) in [5.74, 6) is 0.377. The first kappa shape index (κ1) is 14.8. The number of hydrogen-bond donors (Lipinski definition) is 1. The number of amides is 1. The molecule has 0 spiro atoms. The van der Waals surface area contributed by atoms with E-state index in [-0.39, 0.29) is 17.9 Å². The predicted molar refractivity (Wildman–Crippen MR) is 77.8 cm³/mol. The molecule has 0 aliphatic carbocycles. The number of rotatable bonds is 3. The number of carbonyl (C=O) groups is 1. The molecule has 4 nitrogen and oxygen atoms in total. The number of hydrogen-bond acceptors (Lipinski definition) is 3. The van der Waals surface area contributed by atoms with Crippen LogP contribution in [0.15, 0.2) is 0 Å². The van der Waals surface area contributed by atoms with E-state index in [0.29, 0.717) is 6.04 Å². The van der Waals surface area contributed by atoms with Gasteiger partial charge in [0.05, 0.1) is 6.04 Å². The van der Waals surface area contributed by atoms with Crippen molar-refractivity contribution in [1.29, 1.82) is 0 Å². The van der Waals surface area contributed by atoms with E-state index in [1.807, 2.05) is 18.7 Å².